The highest BCUT2D eigenvalue weighted by Gasteiger charge is 2.35. The number of cyclic esters (lactones) is 2. The van der Waals surface area contributed by atoms with Crippen LogP contribution in [0.3, 0.4) is 0 Å². The van der Waals surface area contributed by atoms with Gasteiger partial charge in [-0.3, -0.25) is 0 Å². The Morgan fingerprint density at radius 3 is 1.88 bits per heavy atom. The summed E-state index contributed by atoms with van der Waals surface area (Å²) in [4.78, 5) is 44.0. The third kappa shape index (κ3) is 5.37. The second kappa shape index (κ2) is 9.50. The van der Waals surface area contributed by atoms with E-state index in [1.165, 1.54) is 12.8 Å². The average molecular weight is 352 g/mol. The normalized spacial score (nSPS) is 12.1. The molecule has 0 bridgehead atoms. The monoisotopic (exact) mass is 352 g/mol. The first-order chi connectivity index (χ1) is 11.8. The molecule has 1 aromatic carbocycles. The van der Waals surface area contributed by atoms with Gasteiger partial charge in [-0.25, -0.2) is 19.2 Å². The summed E-state index contributed by atoms with van der Waals surface area (Å²) < 4.78 is 4.22. The SMILES string of the molecule is NCCCCCCN.O=C(O)c1cc(C(=O)O)c2c(c1)C(=O)OC2=O. The highest BCUT2D eigenvalue weighted by atomic mass is 16.6. The molecular weight excluding hydrogens is 332 g/mol. The molecule has 0 saturated heterocycles. The van der Waals surface area contributed by atoms with Crippen molar-refractivity contribution in [3.8, 4) is 0 Å². The number of carboxylic acids is 2. The van der Waals surface area contributed by atoms with Gasteiger partial charge in [-0.15, -0.1) is 0 Å². The Morgan fingerprint density at radius 2 is 1.44 bits per heavy atom. The van der Waals surface area contributed by atoms with Crippen molar-refractivity contribution in [3.05, 3.63) is 34.4 Å². The van der Waals surface area contributed by atoms with Gasteiger partial charge < -0.3 is 26.4 Å². The zero-order valence-corrected chi connectivity index (χ0v) is 13.5. The summed E-state index contributed by atoms with van der Waals surface area (Å²) in [6.07, 6.45) is 4.79. The molecule has 1 aromatic rings. The first-order valence-electron chi connectivity index (χ1n) is 7.64. The zero-order valence-electron chi connectivity index (χ0n) is 13.5. The van der Waals surface area contributed by atoms with Crippen LogP contribution in [0, 0.1) is 0 Å². The number of carboxylic acid groups (broad SMARTS) is 2. The molecule has 0 aliphatic carbocycles. The summed E-state index contributed by atoms with van der Waals surface area (Å²) >= 11 is 0. The Balaban J connectivity index is 0.000000333. The van der Waals surface area contributed by atoms with E-state index in [2.05, 4.69) is 4.74 Å². The van der Waals surface area contributed by atoms with Crippen molar-refractivity contribution in [3.63, 3.8) is 0 Å². The molecule has 0 amide bonds. The van der Waals surface area contributed by atoms with Crippen molar-refractivity contribution < 1.29 is 34.1 Å². The molecule has 2 rings (SSSR count). The number of esters is 2. The van der Waals surface area contributed by atoms with E-state index >= 15 is 0 Å². The lowest BCUT2D eigenvalue weighted by atomic mass is 9.99. The largest absolute Gasteiger partial charge is 0.478 e. The molecule has 1 heterocycles. The fraction of sp³-hybridized carbons (Fsp3) is 0.375. The minimum Gasteiger partial charge on any atom is -0.478 e. The summed E-state index contributed by atoms with van der Waals surface area (Å²) in [7, 11) is 0. The van der Waals surface area contributed by atoms with E-state index in [0.717, 1.165) is 38.1 Å². The van der Waals surface area contributed by atoms with Crippen LogP contribution >= 0.6 is 0 Å². The van der Waals surface area contributed by atoms with Crippen molar-refractivity contribution in [2.24, 2.45) is 11.5 Å². The molecule has 0 fully saturated rings. The lowest BCUT2D eigenvalue weighted by Gasteiger charge is -2.01. The van der Waals surface area contributed by atoms with Crippen LogP contribution in [0.4, 0.5) is 0 Å². The van der Waals surface area contributed by atoms with Gasteiger partial charge >= 0.3 is 23.9 Å². The van der Waals surface area contributed by atoms with E-state index in [1.807, 2.05) is 0 Å². The average Bonchev–Trinajstić information content (AvgIpc) is 2.86. The third-order valence-corrected chi connectivity index (χ3v) is 3.38. The number of hydrogen-bond donors (Lipinski definition) is 4. The van der Waals surface area contributed by atoms with Gasteiger partial charge in [0.05, 0.1) is 22.3 Å². The number of fused-ring (bicyclic) bond motifs is 1. The van der Waals surface area contributed by atoms with Crippen molar-refractivity contribution in [1.29, 1.82) is 0 Å². The molecule has 0 saturated carbocycles. The van der Waals surface area contributed by atoms with Crippen LogP contribution in [0.2, 0.25) is 0 Å². The van der Waals surface area contributed by atoms with Gasteiger partial charge in [0.15, 0.2) is 0 Å². The maximum absolute atomic E-state index is 11.2. The Hall–Kier alpha value is -2.78. The zero-order chi connectivity index (χ0) is 19.0. The van der Waals surface area contributed by atoms with E-state index in [-0.39, 0.29) is 5.56 Å². The van der Waals surface area contributed by atoms with Crippen LogP contribution in [0.25, 0.3) is 0 Å². The molecule has 0 unspecified atom stereocenters. The minimum atomic E-state index is -1.50. The number of nitrogens with two attached hydrogens (primary N) is 2. The van der Waals surface area contributed by atoms with Gasteiger partial charge in [-0.2, -0.15) is 0 Å². The Morgan fingerprint density at radius 1 is 0.880 bits per heavy atom. The number of aromatic carboxylic acids is 2. The Bertz CT molecular complexity index is 679. The van der Waals surface area contributed by atoms with Gasteiger partial charge in [-0.05, 0) is 38.1 Å². The fourth-order valence-corrected chi connectivity index (χ4v) is 2.15. The van der Waals surface area contributed by atoms with Gasteiger partial charge in [0.2, 0.25) is 0 Å². The fourth-order valence-electron chi connectivity index (χ4n) is 2.15. The van der Waals surface area contributed by atoms with E-state index in [4.69, 9.17) is 21.7 Å². The van der Waals surface area contributed by atoms with Gasteiger partial charge in [-0.1, -0.05) is 12.8 Å². The quantitative estimate of drug-likeness (QED) is 0.315. The highest BCUT2D eigenvalue weighted by Crippen LogP contribution is 2.25. The molecule has 0 radical (unpaired) electrons. The summed E-state index contributed by atoms with van der Waals surface area (Å²) in [5, 5.41) is 17.6. The maximum atomic E-state index is 11.2. The number of carbonyl (C=O) groups excluding carboxylic acids is 2. The van der Waals surface area contributed by atoms with Crippen molar-refractivity contribution in [2.75, 3.05) is 13.1 Å². The lowest BCUT2D eigenvalue weighted by molar-refractivity contribution is 0.0439. The molecule has 0 spiro atoms. The van der Waals surface area contributed by atoms with Crippen molar-refractivity contribution in [1.82, 2.24) is 0 Å². The second-order valence-corrected chi connectivity index (χ2v) is 5.23. The first-order valence-corrected chi connectivity index (χ1v) is 7.64. The molecule has 9 heteroatoms. The number of rotatable bonds is 7. The minimum absolute atomic E-state index is 0.340. The topological polar surface area (TPSA) is 170 Å². The van der Waals surface area contributed by atoms with Crippen molar-refractivity contribution in [2.45, 2.75) is 25.7 Å². The van der Waals surface area contributed by atoms with Gasteiger partial charge in [0, 0.05) is 0 Å². The predicted octanol–water partition coefficient (Wildman–Crippen LogP) is 0.858. The van der Waals surface area contributed by atoms with Gasteiger partial charge in [0.25, 0.3) is 0 Å². The summed E-state index contributed by atoms with van der Waals surface area (Å²) in [5.74, 6) is -5.03. The van der Waals surface area contributed by atoms with Crippen LogP contribution in [-0.4, -0.2) is 47.2 Å². The number of ether oxygens (including phenoxy) is 1. The molecule has 0 aromatic heterocycles. The number of carbonyl (C=O) groups is 4. The van der Waals surface area contributed by atoms with Crippen LogP contribution in [0.1, 0.15) is 67.1 Å². The highest BCUT2D eigenvalue weighted by molar-refractivity contribution is 6.19. The molecule has 9 nitrogen and oxygen atoms in total. The standard InChI is InChI=1S/C10H4O7.C6H16N2/c11-7(12)3-1-4(8(13)14)6-5(2-3)9(15)17-10(6)16;7-5-3-1-2-4-6-8/h1-2H,(H,11,12)(H,13,14);1-8H2. The second-order valence-electron chi connectivity index (χ2n) is 5.23. The number of benzene rings is 1. The Labute approximate surface area is 143 Å². The molecule has 1 aliphatic rings. The van der Waals surface area contributed by atoms with E-state index < -0.39 is 40.6 Å². The molecule has 6 N–H and O–H groups in total. The van der Waals surface area contributed by atoms with Crippen LogP contribution in [0.15, 0.2) is 12.1 Å². The van der Waals surface area contributed by atoms with E-state index in [9.17, 15) is 19.2 Å². The molecule has 136 valence electrons. The Kier molecular flexibility index (Phi) is 7.70. The molecular formula is C16H20N2O7. The van der Waals surface area contributed by atoms with Crippen LogP contribution < -0.4 is 11.5 Å². The van der Waals surface area contributed by atoms with Gasteiger partial charge in [0.1, 0.15) is 0 Å². The molecule has 1 aliphatic heterocycles. The summed E-state index contributed by atoms with van der Waals surface area (Å²) in [6.45, 7) is 1.65. The molecule has 25 heavy (non-hydrogen) atoms. The van der Waals surface area contributed by atoms with Crippen LogP contribution in [-0.2, 0) is 4.74 Å². The molecule has 0 atom stereocenters. The van der Waals surface area contributed by atoms with E-state index in [1.54, 1.807) is 0 Å². The lowest BCUT2D eigenvalue weighted by Crippen LogP contribution is -2.09. The van der Waals surface area contributed by atoms with Crippen LogP contribution in [0.5, 0.6) is 0 Å². The number of unbranched alkanes of at least 4 members (excludes halogenated alkanes) is 3. The third-order valence-electron chi connectivity index (χ3n) is 3.38. The number of hydrogen-bond acceptors (Lipinski definition) is 7. The van der Waals surface area contributed by atoms with E-state index in [0.29, 0.717) is 0 Å². The predicted molar refractivity (Wildman–Crippen MR) is 86.7 cm³/mol. The smallest absolute Gasteiger partial charge is 0.347 e. The summed E-state index contributed by atoms with van der Waals surface area (Å²) in [5.41, 5.74) is 8.85. The maximum Gasteiger partial charge on any atom is 0.347 e. The summed E-state index contributed by atoms with van der Waals surface area (Å²) in [6, 6.07) is 1.72. The first kappa shape index (κ1) is 20.3. The van der Waals surface area contributed by atoms with Crippen molar-refractivity contribution >= 4 is 23.9 Å².